The van der Waals surface area contributed by atoms with E-state index in [9.17, 15) is 4.79 Å². The smallest absolute Gasteiger partial charge is 0.312 e. The summed E-state index contributed by atoms with van der Waals surface area (Å²) < 4.78 is 15.5. The van der Waals surface area contributed by atoms with Gasteiger partial charge >= 0.3 is 5.97 Å². The summed E-state index contributed by atoms with van der Waals surface area (Å²) in [5.41, 5.74) is 0.472. The van der Waals surface area contributed by atoms with Gasteiger partial charge in [0.2, 0.25) is 6.79 Å². The number of esters is 1. The number of ether oxygens (including phenoxy) is 3. The van der Waals surface area contributed by atoms with Crippen LogP contribution in [0.25, 0.3) is 0 Å². The maximum atomic E-state index is 11.6. The molecule has 104 valence electrons. The average Bonchev–Trinajstić information content (AvgIpc) is 2.86. The van der Waals surface area contributed by atoms with Gasteiger partial charge in [-0.1, -0.05) is 12.1 Å². The van der Waals surface area contributed by atoms with Gasteiger partial charge < -0.3 is 19.5 Å². The molecule has 0 unspecified atom stereocenters. The van der Waals surface area contributed by atoms with Crippen molar-refractivity contribution in [2.24, 2.45) is 5.41 Å². The Morgan fingerprint density at radius 1 is 1.42 bits per heavy atom. The zero-order valence-electron chi connectivity index (χ0n) is 11.5. The Morgan fingerprint density at radius 2 is 2.21 bits per heavy atom. The van der Waals surface area contributed by atoms with Gasteiger partial charge in [0.05, 0.1) is 12.5 Å². The second kappa shape index (κ2) is 5.48. The molecular weight excluding hydrogens is 246 g/mol. The Hall–Kier alpha value is -1.75. The van der Waals surface area contributed by atoms with Crippen LogP contribution in [0.2, 0.25) is 0 Å². The van der Waals surface area contributed by atoms with E-state index in [0.717, 1.165) is 17.1 Å². The third-order valence-corrected chi connectivity index (χ3v) is 3.10. The molecule has 1 heterocycles. The minimum atomic E-state index is -0.552. The highest BCUT2D eigenvalue weighted by Crippen LogP contribution is 2.35. The Kier molecular flexibility index (Phi) is 3.95. The standard InChI is InChI=1S/C14H19NO4/c1-14(2,13(16)17-3)8-15-7-10-5-4-6-11-12(10)19-9-18-11/h4-6,15H,7-9H2,1-3H3. The largest absolute Gasteiger partial charge is 0.469 e. The molecule has 0 saturated heterocycles. The summed E-state index contributed by atoms with van der Waals surface area (Å²) in [5, 5.41) is 3.25. The second-order valence-electron chi connectivity index (χ2n) is 5.13. The van der Waals surface area contributed by atoms with Crippen molar-refractivity contribution in [2.45, 2.75) is 20.4 Å². The number of hydrogen-bond acceptors (Lipinski definition) is 5. The van der Waals surface area contributed by atoms with Crippen molar-refractivity contribution in [1.29, 1.82) is 0 Å². The lowest BCUT2D eigenvalue weighted by atomic mass is 9.93. The van der Waals surface area contributed by atoms with Crippen LogP contribution in [0.15, 0.2) is 18.2 Å². The topological polar surface area (TPSA) is 56.8 Å². The molecule has 1 N–H and O–H groups in total. The molecule has 5 heteroatoms. The van der Waals surface area contributed by atoms with Crippen molar-refractivity contribution in [3.63, 3.8) is 0 Å². The van der Waals surface area contributed by atoms with Crippen molar-refractivity contribution in [1.82, 2.24) is 5.32 Å². The average molecular weight is 265 g/mol. The van der Waals surface area contributed by atoms with Gasteiger partial charge in [0.25, 0.3) is 0 Å². The van der Waals surface area contributed by atoms with Gasteiger partial charge in [0.15, 0.2) is 11.5 Å². The quantitative estimate of drug-likeness (QED) is 0.821. The Balaban J connectivity index is 1.94. The Morgan fingerprint density at radius 3 is 2.95 bits per heavy atom. The minimum Gasteiger partial charge on any atom is -0.469 e. The highest BCUT2D eigenvalue weighted by Gasteiger charge is 2.28. The monoisotopic (exact) mass is 265 g/mol. The summed E-state index contributed by atoms with van der Waals surface area (Å²) in [6.07, 6.45) is 0. The molecule has 5 nitrogen and oxygen atoms in total. The summed E-state index contributed by atoms with van der Waals surface area (Å²) in [4.78, 5) is 11.6. The second-order valence-corrected chi connectivity index (χ2v) is 5.13. The minimum absolute atomic E-state index is 0.224. The van der Waals surface area contributed by atoms with Crippen molar-refractivity contribution < 1.29 is 19.0 Å². The molecule has 19 heavy (non-hydrogen) atoms. The number of methoxy groups -OCH3 is 1. The molecule has 0 atom stereocenters. The Labute approximate surface area is 112 Å². The normalized spacial score (nSPS) is 13.4. The summed E-state index contributed by atoms with van der Waals surface area (Å²) in [6, 6.07) is 5.78. The number of para-hydroxylation sites is 1. The van der Waals surface area contributed by atoms with Gasteiger partial charge in [-0.05, 0) is 19.9 Å². The highest BCUT2D eigenvalue weighted by atomic mass is 16.7. The summed E-state index contributed by atoms with van der Waals surface area (Å²) in [7, 11) is 1.40. The van der Waals surface area contributed by atoms with Gasteiger partial charge in [-0.25, -0.2) is 0 Å². The molecule has 1 aromatic rings. The van der Waals surface area contributed by atoms with Gasteiger partial charge in [-0.3, -0.25) is 4.79 Å². The summed E-state index contributed by atoms with van der Waals surface area (Å²) >= 11 is 0. The molecule has 0 amide bonds. The molecule has 0 aromatic heterocycles. The molecule has 0 aliphatic carbocycles. The first-order valence-corrected chi connectivity index (χ1v) is 6.21. The van der Waals surface area contributed by atoms with Crippen molar-refractivity contribution in [3.05, 3.63) is 23.8 Å². The zero-order chi connectivity index (χ0) is 13.9. The van der Waals surface area contributed by atoms with Crippen LogP contribution in [-0.2, 0) is 16.1 Å². The van der Waals surface area contributed by atoms with Crippen LogP contribution >= 0.6 is 0 Å². The van der Waals surface area contributed by atoms with E-state index in [-0.39, 0.29) is 12.8 Å². The number of carbonyl (C=O) groups excluding carboxylic acids is 1. The highest BCUT2D eigenvalue weighted by molar-refractivity contribution is 5.76. The van der Waals surface area contributed by atoms with Crippen molar-refractivity contribution in [3.8, 4) is 11.5 Å². The SMILES string of the molecule is COC(=O)C(C)(C)CNCc1cccc2c1OCO2. The predicted octanol–water partition coefficient (Wildman–Crippen LogP) is 1.70. The molecule has 1 aromatic carbocycles. The first kappa shape index (κ1) is 13.7. The zero-order valence-corrected chi connectivity index (χ0v) is 11.5. The lowest BCUT2D eigenvalue weighted by Crippen LogP contribution is -2.36. The van der Waals surface area contributed by atoms with Crippen LogP contribution in [0.4, 0.5) is 0 Å². The van der Waals surface area contributed by atoms with Gasteiger partial charge in [-0.2, -0.15) is 0 Å². The summed E-state index contributed by atoms with van der Waals surface area (Å²) in [5.74, 6) is 1.33. The fourth-order valence-corrected chi connectivity index (χ4v) is 1.99. The van der Waals surface area contributed by atoms with E-state index in [1.807, 2.05) is 32.0 Å². The molecule has 0 saturated carbocycles. The fourth-order valence-electron chi connectivity index (χ4n) is 1.99. The van der Waals surface area contributed by atoms with Crippen LogP contribution in [0.5, 0.6) is 11.5 Å². The van der Waals surface area contributed by atoms with Crippen LogP contribution in [0.1, 0.15) is 19.4 Å². The van der Waals surface area contributed by atoms with E-state index in [0.29, 0.717) is 13.1 Å². The van der Waals surface area contributed by atoms with Gasteiger partial charge in [0.1, 0.15) is 0 Å². The van der Waals surface area contributed by atoms with E-state index in [4.69, 9.17) is 14.2 Å². The van der Waals surface area contributed by atoms with E-state index < -0.39 is 5.41 Å². The molecule has 1 aliphatic heterocycles. The molecule has 0 bridgehead atoms. The van der Waals surface area contributed by atoms with Crippen molar-refractivity contribution >= 4 is 5.97 Å². The predicted molar refractivity (Wildman–Crippen MR) is 70.1 cm³/mol. The van der Waals surface area contributed by atoms with Crippen molar-refractivity contribution in [2.75, 3.05) is 20.4 Å². The first-order valence-electron chi connectivity index (χ1n) is 6.21. The van der Waals surface area contributed by atoms with Crippen LogP contribution < -0.4 is 14.8 Å². The molecule has 2 rings (SSSR count). The molecule has 0 fully saturated rings. The van der Waals surface area contributed by atoms with Crippen LogP contribution in [0.3, 0.4) is 0 Å². The number of rotatable bonds is 5. The van der Waals surface area contributed by atoms with E-state index >= 15 is 0 Å². The third-order valence-electron chi connectivity index (χ3n) is 3.10. The number of hydrogen-bond donors (Lipinski definition) is 1. The Bertz CT molecular complexity index is 471. The molecule has 0 spiro atoms. The van der Waals surface area contributed by atoms with Gasteiger partial charge in [0, 0.05) is 18.7 Å². The van der Waals surface area contributed by atoms with E-state index in [1.165, 1.54) is 7.11 Å². The fraction of sp³-hybridized carbons (Fsp3) is 0.500. The summed E-state index contributed by atoms with van der Waals surface area (Å²) in [6.45, 7) is 5.11. The van der Waals surface area contributed by atoms with Crippen LogP contribution in [-0.4, -0.2) is 26.4 Å². The first-order chi connectivity index (χ1) is 9.04. The van der Waals surface area contributed by atoms with Gasteiger partial charge in [-0.15, -0.1) is 0 Å². The number of fused-ring (bicyclic) bond motifs is 1. The maximum Gasteiger partial charge on any atom is 0.312 e. The molecule has 1 aliphatic rings. The number of benzene rings is 1. The third kappa shape index (κ3) is 2.98. The maximum absolute atomic E-state index is 11.6. The van der Waals surface area contributed by atoms with E-state index in [2.05, 4.69) is 5.32 Å². The number of nitrogens with one attached hydrogen (secondary N) is 1. The number of carbonyl (C=O) groups is 1. The lowest BCUT2D eigenvalue weighted by molar-refractivity contribution is -0.150. The molecular formula is C14H19NO4. The van der Waals surface area contributed by atoms with Crippen LogP contribution in [0, 0.1) is 5.41 Å². The van der Waals surface area contributed by atoms with E-state index in [1.54, 1.807) is 0 Å². The lowest BCUT2D eigenvalue weighted by Gasteiger charge is -2.22. The molecule has 0 radical (unpaired) electrons.